The van der Waals surface area contributed by atoms with Crippen LogP contribution in [0.3, 0.4) is 0 Å². The van der Waals surface area contributed by atoms with E-state index < -0.39 is 11.9 Å². The van der Waals surface area contributed by atoms with Gasteiger partial charge < -0.3 is 15.7 Å². The van der Waals surface area contributed by atoms with E-state index in [0.29, 0.717) is 13.0 Å². The number of hydrogen-bond donors (Lipinski definition) is 3. The zero-order valence-electron chi connectivity index (χ0n) is 11.5. The Morgan fingerprint density at radius 3 is 2.63 bits per heavy atom. The molecule has 0 aliphatic carbocycles. The van der Waals surface area contributed by atoms with Crippen molar-refractivity contribution in [1.82, 2.24) is 5.32 Å². The Balaban J connectivity index is 2.43. The average Bonchev–Trinajstić information content (AvgIpc) is 2.34. The molecule has 0 radical (unpaired) electrons. The lowest BCUT2D eigenvalue weighted by Crippen LogP contribution is -2.31. The second-order valence-corrected chi connectivity index (χ2v) is 4.66. The molecule has 3 N–H and O–H groups in total. The Labute approximate surface area is 113 Å². The largest absolute Gasteiger partial charge is 0.481 e. The van der Waals surface area contributed by atoms with Gasteiger partial charge in [0.2, 0.25) is 0 Å². The number of aryl methyl sites for hydroxylation is 1. The number of carboxylic acid groups (broad SMARTS) is 1. The number of amides is 2. The van der Waals surface area contributed by atoms with E-state index >= 15 is 0 Å². The van der Waals surface area contributed by atoms with Crippen LogP contribution in [0.25, 0.3) is 0 Å². The number of rotatable bonds is 5. The number of hydrogen-bond acceptors (Lipinski definition) is 2. The summed E-state index contributed by atoms with van der Waals surface area (Å²) in [6.07, 6.45) is 0.412. The lowest BCUT2D eigenvalue weighted by molar-refractivity contribution is -0.141. The predicted molar refractivity (Wildman–Crippen MR) is 74.4 cm³/mol. The summed E-state index contributed by atoms with van der Waals surface area (Å²) in [4.78, 5) is 22.3. The predicted octanol–water partition coefficient (Wildman–Crippen LogP) is 2.54. The molecule has 0 fully saturated rings. The van der Waals surface area contributed by atoms with Crippen LogP contribution in [0.5, 0.6) is 0 Å². The van der Waals surface area contributed by atoms with Gasteiger partial charge >= 0.3 is 12.0 Å². The third kappa shape index (κ3) is 4.62. The van der Waals surface area contributed by atoms with Gasteiger partial charge in [0.15, 0.2) is 0 Å². The van der Waals surface area contributed by atoms with Gasteiger partial charge in [0, 0.05) is 12.2 Å². The van der Waals surface area contributed by atoms with E-state index in [2.05, 4.69) is 10.6 Å². The smallest absolute Gasteiger partial charge is 0.319 e. The Morgan fingerprint density at radius 1 is 1.32 bits per heavy atom. The van der Waals surface area contributed by atoms with Crippen molar-refractivity contribution >= 4 is 17.7 Å². The molecular formula is C14H20N2O3. The van der Waals surface area contributed by atoms with Gasteiger partial charge in [0.05, 0.1) is 5.92 Å². The third-order valence-corrected chi connectivity index (χ3v) is 3.14. The normalized spacial score (nSPS) is 11.7. The Bertz CT molecular complexity index is 472. The zero-order chi connectivity index (χ0) is 14.4. The molecule has 0 aromatic heterocycles. The number of carbonyl (C=O) groups excluding carboxylic acids is 1. The summed E-state index contributed by atoms with van der Waals surface area (Å²) in [7, 11) is 0. The summed E-state index contributed by atoms with van der Waals surface area (Å²) < 4.78 is 0. The summed E-state index contributed by atoms with van der Waals surface area (Å²) in [5.74, 6) is -1.31. The van der Waals surface area contributed by atoms with Gasteiger partial charge in [-0.15, -0.1) is 0 Å². The summed E-state index contributed by atoms with van der Waals surface area (Å²) >= 11 is 0. The van der Waals surface area contributed by atoms with Crippen molar-refractivity contribution < 1.29 is 14.7 Å². The summed E-state index contributed by atoms with van der Waals surface area (Å²) in [5, 5.41) is 14.1. The maximum Gasteiger partial charge on any atom is 0.319 e. The molecule has 0 heterocycles. The molecule has 0 bridgehead atoms. The highest BCUT2D eigenvalue weighted by atomic mass is 16.4. The fourth-order valence-corrected chi connectivity index (χ4v) is 1.58. The number of carboxylic acids is 1. The average molecular weight is 264 g/mol. The fourth-order valence-electron chi connectivity index (χ4n) is 1.58. The van der Waals surface area contributed by atoms with Crippen LogP contribution in [-0.2, 0) is 4.79 Å². The van der Waals surface area contributed by atoms with E-state index in [9.17, 15) is 9.59 Å². The van der Waals surface area contributed by atoms with Gasteiger partial charge in [0.25, 0.3) is 0 Å². The topological polar surface area (TPSA) is 78.4 Å². The number of nitrogens with one attached hydrogen (secondary N) is 2. The molecule has 0 saturated heterocycles. The van der Waals surface area contributed by atoms with Crippen LogP contribution in [0.2, 0.25) is 0 Å². The Morgan fingerprint density at radius 2 is 2.00 bits per heavy atom. The van der Waals surface area contributed by atoms with Crippen LogP contribution >= 0.6 is 0 Å². The van der Waals surface area contributed by atoms with Crippen molar-refractivity contribution in [2.24, 2.45) is 5.92 Å². The van der Waals surface area contributed by atoms with Crippen molar-refractivity contribution in [2.75, 3.05) is 11.9 Å². The van der Waals surface area contributed by atoms with Gasteiger partial charge in [-0.25, -0.2) is 4.79 Å². The first kappa shape index (κ1) is 15.0. The molecule has 5 nitrogen and oxygen atoms in total. The molecule has 104 valence electrons. The van der Waals surface area contributed by atoms with Gasteiger partial charge in [0.1, 0.15) is 0 Å². The molecule has 2 amide bonds. The molecule has 1 aromatic carbocycles. The monoisotopic (exact) mass is 264 g/mol. The van der Waals surface area contributed by atoms with Gasteiger partial charge in [-0.1, -0.05) is 19.1 Å². The molecule has 1 rings (SSSR count). The minimum Gasteiger partial charge on any atom is -0.481 e. The van der Waals surface area contributed by atoms with Crippen LogP contribution in [0.4, 0.5) is 10.5 Å². The SMILES string of the molecule is Cc1cccc(NC(=O)NCCC(C)C(=O)O)c1C. The number of aliphatic carboxylic acids is 1. The van der Waals surface area contributed by atoms with Crippen molar-refractivity contribution in [2.45, 2.75) is 27.2 Å². The van der Waals surface area contributed by atoms with Crippen LogP contribution in [-0.4, -0.2) is 23.7 Å². The van der Waals surface area contributed by atoms with E-state index in [-0.39, 0.29) is 6.03 Å². The highest BCUT2D eigenvalue weighted by Crippen LogP contribution is 2.17. The highest BCUT2D eigenvalue weighted by molar-refractivity contribution is 5.90. The van der Waals surface area contributed by atoms with E-state index in [1.54, 1.807) is 6.92 Å². The van der Waals surface area contributed by atoms with Crippen LogP contribution in [0.15, 0.2) is 18.2 Å². The maximum absolute atomic E-state index is 11.7. The van der Waals surface area contributed by atoms with Crippen molar-refractivity contribution in [3.63, 3.8) is 0 Å². The molecule has 0 aliphatic heterocycles. The molecule has 19 heavy (non-hydrogen) atoms. The molecule has 5 heteroatoms. The van der Waals surface area contributed by atoms with Crippen LogP contribution in [0, 0.1) is 19.8 Å². The lowest BCUT2D eigenvalue weighted by Gasteiger charge is -2.12. The van der Waals surface area contributed by atoms with E-state index in [1.165, 1.54) is 0 Å². The van der Waals surface area contributed by atoms with Crippen molar-refractivity contribution in [1.29, 1.82) is 0 Å². The first-order chi connectivity index (χ1) is 8.91. The first-order valence-corrected chi connectivity index (χ1v) is 6.25. The summed E-state index contributed by atoms with van der Waals surface area (Å²) in [5.41, 5.74) is 2.90. The summed E-state index contributed by atoms with van der Waals surface area (Å²) in [6.45, 7) is 5.88. The third-order valence-electron chi connectivity index (χ3n) is 3.14. The summed E-state index contributed by atoms with van der Waals surface area (Å²) in [6, 6.07) is 5.38. The molecule has 1 unspecified atom stereocenters. The number of anilines is 1. The molecule has 0 aliphatic rings. The molecule has 0 spiro atoms. The Hall–Kier alpha value is -2.04. The van der Waals surface area contributed by atoms with Crippen LogP contribution in [0.1, 0.15) is 24.5 Å². The molecule has 0 saturated carbocycles. The minimum absolute atomic E-state index is 0.314. The molecule has 1 aromatic rings. The highest BCUT2D eigenvalue weighted by Gasteiger charge is 2.11. The van der Waals surface area contributed by atoms with Crippen molar-refractivity contribution in [3.05, 3.63) is 29.3 Å². The quantitative estimate of drug-likeness (QED) is 0.764. The second-order valence-electron chi connectivity index (χ2n) is 4.66. The van der Waals surface area contributed by atoms with E-state index in [4.69, 9.17) is 5.11 Å². The Kier molecular flexibility index (Phi) is 5.36. The fraction of sp³-hybridized carbons (Fsp3) is 0.429. The van der Waals surface area contributed by atoms with Crippen molar-refractivity contribution in [3.8, 4) is 0 Å². The minimum atomic E-state index is -0.850. The van der Waals surface area contributed by atoms with Crippen LogP contribution < -0.4 is 10.6 Å². The zero-order valence-corrected chi connectivity index (χ0v) is 11.5. The second kappa shape index (κ2) is 6.78. The van der Waals surface area contributed by atoms with Gasteiger partial charge in [-0.3, -0.25) is 4.79 Å². The maximum atomic E-state index is 11.7. The lowest BCUT2D eigenvalue weighted by atomic mass is 10.1. The molecular weight excluding hydrogens is 244 g/mol. The number of benzene rings is 1. The van der Waals surface area contributed by atoms with E-state index in [1.807, 2.05) is 32.0 Å². The first-order valence-electron chi connectivity index (χ1n) is 6.25. The standard InChI is InChI=1S/C14H20N2O3/c1-9-5-4-6-12(11(9)3)16-14(19)15-8-7-10(2)13(17)18/h4-6,10H,7-8H2,1-3H3,(H,17,18)(H2,15,16,19). The number of urea groups is 1. The molecule has 1 atom stereocenters. The van der Waals surface area contributed by atoms with Gasteiger partial charge in [-0.05, 0) is 37.5 Å². The number of carbonyl (C=O) groups is 2. The van der Waals surface area contributed by atoms with E-state index in [0.717, 1.165) is 16.8 Å². The van der Waals surface area contributed by atoms with Gasteiger partial charge in [-0.2, -0.15) is 0 Å².